The molecule has 3 rings (SSSR count). The highest BCUT2D eigenvalue weighted by atomic mass is 16.2. The second kappa shape index (κ2) is 6.26. The van der Waals surface area contributed by atoms with Crippen LogP contribution in [0.25, 0.3) is 0 Å². The molecule has 0 aliphatic carbocycles. The van der Waals surface area contributed by atoms with Gasteiger partial charge in [0, 0.05) is 17.8 Å². The summed E-state index contributed by atoms with van der Waals surface area (Å²) in [5, 5.41) is 5.72. The molecule has 1 aromatic rings. The van der Waals surface area contributed by atoms with Gasteiger partial charge in [-0.1, -0.05) is 6.07 Å². The fourth-order valence-corrected chi connectivity index (χ4v) is 2.97. The van der Waals surface area contributed by atoms with Crippen molar-refractivity contribution < 1.29 is 9.59 Å². The maximum Gasteiger partial charge on any atom is 0.251 e. The van der Waals surface area contributed by atoms with Crippen LogP contribution in [0.15, 0.2) is 18.2 Å². The predicted molar refractivity (Wildman–Crippen MR) is 81.4 cm³/mol. The number of anilines is 1. The van der Waals surface area contributed by atoms with Crippen LogP contribution < -0.4 is 10.6 Å². The van der Waals surface area contributed by atoms with Gasteiger partial charge < -0.3 is 15.5 Å². The average Bonchev–Trinajstić information content (AvgIpc) is 3.10. The molecule has 0 atom stereocenters. The molecule has 0 spiro atoms. The van der Waals surface area contributed by atoms with E-state index < -0.39 is 0 Å². The number of nitrogens with zero attached hydrogens (tertiary/aromatic N) is 1. The fraction of sp³-hybridized carbons (Fsp3) is 0.500. The van der Waals surface area contributed by atoms with E-state index in [9.17, 15) is 9.59 Å². The average molecular weight is 287 g/mol. The number of hydrogen-bond donors (Lipinski definition) is 2. The van der Waals surface area contributed by atoms with Crippen LogP contribution in [0, 0.1) is 0 Å². The minimum atomic E-state index is -0.0691. The molecule has 1 fully saturated rings. The summed E-state index contributed by atoms with van der Waals surface area (Å²) >= 11 is 0. The Morgan fingerprint density at radius 1 is 1.29 bits per heavy atom. The van der Waals surface area contributed by atoms with E-state index in [-0.39, 0.29) is 11.8 Å². The van der Waals surface area contributed by atoms with E-state index in [4.69, 9.17) is 0 Å². The van der Waals surface area contributed by atoms with Crippen molar-refractivity contribution in [2.75, 3.05) is 31.5 Å². The first-order valence-electron chi connectivity index (χ1n) is 7.66. The molecule has 2 N–H and O–H groups in total. The fourth-order valence-electron chi connectivity index (χ4n) is 2.97. The number of nitrogens with one attached hydrogen (secondary N) is 2. The zero-order valence-electron chi connectivity index (χ0n) is 12.2. The molecule has 0 bridgehead atoms. The number of likely N-dealkylation sites (tertiary alicyclic amines) is 1. The lowest BCUT2D eigenvalue weighted by molar-refractivity contribution is -0.115. The van der Waals surface area contributed by atoms with E-state index in [0.717, 1.165) is 24.2 Å². The molecule has 1 saturated heterocycles. The van der Waals surface area contributed by atoms with E-state index in [1.807, 2.05) is 6.07 Å². The highest BCUT2D eigenvalue weighted by Crippen LogP contribution is 2.23. The molecular weight excluding hydrogens is 266 g/mol. The number of rotatable bonds is 5. The van der Waals surface area contributed by atoms with Crippen LogP contribution in [-0.2, 0) is 11.2 Å². The Kier molecular flexibility index (Phi) is 4.20. The van der Waals surface area contributed by atoms with Crippen molar-refractivity contribution >= 4 is 17.5 Å². The third-order valence-electron chi connectivity index (χ3n) is 4.13. The smallest absolute Gasteiger partial charge is 0.251 e. The first kappa shape index (κ1) is 14.1. The molecule has 112 valence electrons. The number of amides is 2. The van der Waals surface area contributed by atoms with Crippen LogP contribution in [0.5, 0.6) is 0 Å². The Morgan fingerprint density at radius 2 is 2.10 bits per heavy atom. The quantitative estimate of drug-likeness (QED) is 0.805. The van der Waals surface area contributed by atoms with Crippen molar-refractivity contribution in [3.05, 3.63) is 29.3 Å². The zero-order chi connectivity index (χ0) is 14.7. The molecule has 0 unspecified atom stereocenters. The zero-order valence-corrected chi connectivity index (χ0v) is 12.2. The van der Waals surface area contributed by atoms with E-state index in [0.29, 0.717) is 18.5 Å². The third-order valence-corrected chi connectivity index (χ3v) is 4.13. The molecule has 0 radical (unpaired) electrons. The number of carbonyl (C=O) groups is 2. The van der Waals surface area contributed by atoms with Gasteiger partial charge >= 0.3 is 0 Å². The van der Waals surface area contributed by atoms with Gasteiger partial charge in [-0.2, -0.15) is 0 Å². The Hall–Kier alpha value is -1.88. The summed E-state index contributed by atoms with van der Waals surface area (Å²) in [6, 6.07) is 5.40. The number of carbonyl (C=O) groups excluding carboxylic acids is 2. The highest BCUT2D eigenvalue weighted by Gasteiger charge is 2.19. The van der Waals surface area contributed by atoms with Crippen molar-refractivity contribution in [3.8, 4) is 0 Å². The van der Waals surface area contributed by atoms with Crippen LogP contribution in [0.3, 0.4) is 0 Å². The van der Waals surface area contributed by atoms with E-state index >= 15 is 0 Å². The lowest BCUT2D eigenvalue weighted by Crippen LogP contribution is -2.28. The summed E-state index contributed by atoms with van der Waals surface area (Å²) in [6.45, 7) is 4.14. The van der Waals surface area contributed by atoms with Crippen LogP contribution in [0.2, 0.25) is 0 Å². The second-order valence-electron chi connectivity index (χ2n) is 5.76. The van der Waals surface area contributed by atoms with Crippen LogP contribution in [0.1, 0.15) is 35.2 Å². The largest absolute Gasteiger partial charge is 0.352 e. The Bertz CT molecular complexity index is 550. The van der Waals surface area contributed by atoms with Crippen molar-refractivity contribution in [2.45, 2.75) is 25.7 Å². The van der Waals surface area contributed by atoms with Gasteiger partial charge in [0.05, 0.1) is 6.42 Å². The Morgan fingerprint density at radius 3 is 2.90 bits per heavy atom. The van der Waals surface area contributed by atoms with Crippen molar-refractivity contribution in [1.82, 2.24) is 10.2 Å². The summed E-state index contributed by atoms with van der Waals surface area (Å²) < 4.78 is 0. The molecule has 1 aromatic carbocycles. The number of fused-ring (bicyclic) bond motifs is 1. The lowest BCUT2D eigenvalue weighted by atomic mass is 10.1. The first-order valence-corrected chi connectivity index (χ1v) is 7.66. The molecule has 2 aliphatic rings. The summed E-state index contributed by atoms with van der Waals surface area (Å²) in [5.74, 6) is -0.0754. The minimum absolute atomic E-state index is 0.00632. The normalized spacial score (nSPS) is 17.6. The van der Waals surface area contributed by atoms with Gasteiger partial charge in [0.1, 0.15) is 0 Å². The molecular formula is C16H21N3O2. The van der Waals surface area contributed by atoms with Gasteiger partial charge in [0.15, 0.2) is 0 Å². The SMILES string of the molecule is O=C1Cc2ccc(C(=O)NCCCN3CCCC3)cc2N1. The first-order chi connectivity index (χ1) is 10.2. The summed E-state index contributed by atoms with van der Waals surface area (Å²) in [7, 11) is 0. The summed E-state index contributed by atoms with van der Waals surface area (Å²) in [5.41, 5.74) is 2.34. The maximum atomic E-state index is 12.1. The second-order valence-corrected chi connectivity index (χ2v) is 5.76. The Labute approximate surface area is 124 Å². The van der Waals surface area contributed by atoms with Crippen LogP contribution in [0.4, 0.5) is 5.69 Å². The maximum absolute atomic E-state index is 12.1. The summed E-state index contributed by atoms with van der Waals surface area (Å²) in [6.07, 6.45) is 3.99. The van der Waals surface area contributed by atoms with E-state index in [1.54, 1.807) is 12.1 Å². The minimum Gasteiger partial charge on any atom is -0.352 e. The van der Waals surface area contributed by atoms with Gasteiger partial charge in [-0.25, -0.2) is 0 Å². The standard InChI is InChI=1S/C16H21N3O2/c20-15-11-12-4-5-13(10-14(12)18-15)16(21)17-6-3-9-19-7-1-2-8-19/h4-5,10H,1-3,6-9,11H2,(H,17,21)(H,18,20). The van der Waals surface area contributed by atoms with Gasteiger partial charge in [-0.15, -0.1) is 0 Å². The van der Waals surface area contributed by atoms with Gasteiger partial charge in [-0.3, -0.25) is 9.59 Å². The predicted octanol–water partition coefficient (Wildman–Crippen LogP) is 1.40. The molecule has 21 heavy (non-hydrogen) atoms. The third kappa shape index (κ3) is 3.42. The summed E-state index contributed by atoms with van der Waals surface area (Å²) in [4.78, 5) is 25.8. The van der Waals surface area contributed by atoms with Crippen molar-refractivity contribution in [1.29, 1.82) is 0 Å². The van der Waals surface area contributed by atoms with Gasteiger partial charge in [0.2, 0.25) is 5.91 Å². The molecule has 2 amide bonds. The van der Waals surface area contributed by atoms with Crippen molar-refractivity contribution in [3.63, 3.8) is 0 Å². The van der Waals surface area contributed by atoms with Gasteiger partial charge in [0.25, 0.3) is 5.91 Å². The van der Waals surface area contributed by atoms with E-state index in [1.165, 1.54) is 25.9 Å². The molecule has 2 aliphatic heterocycles. The molecule has 0 saturated carbocycles. The van der Waals surface area contributed by atoms with E-state index in [2.05, 4.69) is 15.5 Å². The molecule has 2 heterocycles. The van der Waals surface area contributed by atoms with Gasteiger partial charge in [-0.05, 0) is 56.6 Å². The highest BCUT2D eigenvalue weighted by molar-refractivity contribution is 6.02. The van der Waals surface area contributed by atoms with Crippen LogP contribution >= 0.6 is 0 Å². The van der Waals surface area contributed by atoms with Crippen molar-refractivity contribution in [2.24, 2.45) is 0 Å². The number of benzene rings is 1. The Balaban J connectivity index is 1.47. The topological polar surface area (TPSA) is 61.4 Å². The van der Waals surface area contributed by atoms with Crippen LogP contribution in [-0.4, -0.2) is 42.9 Å². The molecule has 5 heteroatoms. The monoisotopic (exact) mass is 287 g/mol. The lowest BCUT2D eigenvalue weighted by Gasteiger charge is -2.14. The molecule has 0 aromatic heterocycles. The number of hydrogen-bond acceptors (Lipinski definition) is 3. The molecule has 5 nitrogen and oxygen atoms in total.